The van der Waals surface area contributed by atoms with Gasteiger partial charge in [-0.2, -0.15) is 0 Å². The molecule has 1 aromatic rings. The second-order valence-corrected chi connectivity index (χ2v) is 4.51. The fourth-order valence-corrected chi connectivity index (χ4v) is 2.31. The molecule has 0 bridgehead atoms. The zero-order valence-electron chi connectivity index (χ0n) is 10.0. The molecule has 2 atom stereocenters. The Balaban J connectivity index is 2.33. The van der Waals surface area contributed by atoms with Crippen LogP contribution in [0, 0.1) is 5.92 Å². The number of carbonyl (C=O) groups excluding carboxylic acids is 1. The van der Waals surface area contributed by atoms with Gasteiger partial charge in [-0.1, -0.05) is 6.92 Å². The van der Waals surface area contributed by atoms with Crippen molar-refractivity contribution in [1.29, 1.82) is 0 Å². The zero-order valence-corrected chi connectivity index (χ0v) is 10.0. The summed E-state index contributed by atoms with van der Waals surface area (Å²) in [6.45, 7) is 2.52. The van der Waals surface area contributed by atoms with E-state index in [9.17, 15) is 14.7 Å². The van der Waals surface area contributed by atoms with Crippen molar-refractivity contribution in [3.8, 4) is 0 Å². The molecule has 1 fully saturated rings. The normalized spacial score (nSPS) is 23.1. The number of anilines is 1. The van der Waals surface area contributed by atoms with E-state index in [0.717, 1.165) is 6.42 Å². The molecule has 96 valence electrons. The summed E-state index contributed by atoms with van der Waals surface area (Å²) in [6, 6.07) is 2.46. The molecule has 3 N–H and O–H groups in total. The van der Waals surface area contributed by atoms with Crippen molar-refractivity contribution in [3.05, 3.63) is 23.9 Å². The second-order valence-electron chi connectivity index (χ2n) is 4.51. The second kappa shape index (κ2) is 4.64. The zero-order chi connectivity index (χ0) is 13.3. The first kappa shape index (κ1) is 12.3. The van der Waals surface area contributed by atoms with Gasteiger partial charge in [-0.25, -0.2) is 9.78 Å². The van der Waals surface area contributed by atoms with Gasteiger partial charge in [0.05, 0.1) is 0 Å². The number of hydrogen-bond donors (Lipinski definition) is 2. The van der Waals surface area contributed by atoms with Crippen LogP contribution in [0.3, 0.4) is 0 Å². The lowest BCUT2D eigenvalue weighted by Crippen LogP contribution is -2.39. The number of carboxylic acids is 1. The summed E-state index contributed by atoms with van der Waals surface area (Å²) in [4.78, 5) is 28.2. The number of hydrogen-bond acceptors (Lipinski definition) is 4. The molecule has 2 heterocycles. The standard InChI is InChI=1S/C12H15N3O3/c1-7-3-5-15(10(7)12(17)18)9-6-8(11(13)16)2-4-14-9/h2,4,6-7,10H,3,5H2,1H3,(H2,13,16)(H,17,18). The molecule has 6 nitrogen and oxygen atoms in total. The number of nitrogens with zero attached hydrogens (tertiary/aromatic N) is 2. The molecule has 1 aromatic heterocycles. The van der Waals surface area contributed by atoms with Crippen LogP contribution in [0.5, 0.6) is 0 Å². The molecule has 0 aliphatic carbocycles. The predicted molar refractivity (Wildman–Crippen MR) is 65.3 cm³/mol. The number of carbonyl (C=O) groups is 2. The molecule has 0 aromatic carbocycles. The average Bonchev–Trinajstić information content (AvgIpc) is 2.71. The fraction of sp³-hybridized carbons (Fsp3) is 0.417. The quantitative estimate of drug-likeness (QED) is 0.812. The molecule has 1 saturated heterocycles. The molecular formula is C12H15N3O3. The molecule has 0 radical (unpaired) electrons. The van der Waals surface area contributed by atoms with Gasteiger partial charge in [0.1, 0.15) is 11.9 Å². The van der Waals surface area contributed by atoms with E-state index in [1.807, 2.05) is 6.92 Å². The molecule has 0 spiro atoms. The third kappa shape index (κ3) is 2.13. The predicted octanol–water partition coefficient (Wildman–Crippen LogP) is 0.480. The van der Waals surface area contributed by atoms with Gasteiger partial charge in [0.15, 0.2) is 0 Å². The van der Waals surface area contributed by atoms with E-state index < -0.39 is 17.9 Å². The largest absolute Gasteiger partial charge is 0.480 e. The van der Waals surface area contributed by atoms with Crippen LogP contribution in [0.15, 0.2) is 18.3 Å². The Kier molecular flexibility index (Phi) is 3.18. The number of aliphatic carboxylic acids is 1. The minimum atomic E-state index is -0.869. The molecule has 2 rings (SSSR count). The Labute approximate surface area is 104 Å². The van der Waals surface area contributed by atoms with E-state index >= 15 is 0 Å². The van der Waals surface area contributed by atoms with Crippen molar-refractivity contribution in [2.24, 2.45) is 11.7 Å². The molecule has 1 aliphatic heterocycles. The van der Waals surface area contributed by atoms with Gasteiger partial charge in [-0.3, -0.25) is 4.79 Å². The maximum atomic E-state index is 11.3. The molecule has 18 heavy (non-hydrogen) atoms. The van der Waals surface area contributed by atoms with Crippen molar-refractivity contribution in [3.63, 3.8) is 0 Å². The van der Waals surface area contributed by atoms with Gasteiger partial charge in [-0.15, -0.1) is 0 Å². The van der Waals surface area contributed by atoms with E-state index in [4.69, 9.17) is 5.73 Å². The van der Waals surface area contributed by atoms with Crippen LogP contribution in [0.25, 0.3) is 0 Å². The van der Waals surface area contributed by atoms with E-state index in [2.05, 4.69) is 4.98 Å². The topological polar surface area (TPSA) is 96.5 Å². The van der Waals surface area contributed by atoms with E-state index in [-0.39, 0.29) is 5.92 Å². The van der Waals surface area contributed by atoms with Crippen LogP contribution >= 0.6 is 0 Å². The van der Waals surface area contributed by atoms with Crippen molar-refractivity contribution in [2.45, 2.75) is 19.4 Å². The van der Waals surface area contributed by atoms with Gasteiger partial charge in [0.2, 0.25) is 5.91 Å². The summed E-state index contributed by atoms with van der Waals surface area (Å²) in [6.07, 6.45) is 2.26. The highest BCUT2D eigenvalue weighted by molar-refractivity contribution is 5.93. The van der Waals surface area contributed by atoms with Crippen LogP contribution in [0.4, 0.5) is 5.82 Å². The highest BCUT2D eigenvalue weighted by Gasteiger charge is 2.37. The smallest absolute Gasteiger partial charge is 0.326 e. The summed E-state index contributed by atoms with van der Waals surface area (Å²) in [5.74, 6) is -0.867. The molecular weight excluding hydrogens is 234 g/mol. The molecule has 2 unspecified atom stereocenters. The lowest BCUT2D eigenvalue weighted by atomic mass is 10.0. The Hall–Kier alpha value is -2.11. The van der Waals surface area contributed by atoms with E-state index in [0.29, 0.717) is 17.9 Å². The Morgan fingerprint density at radius 2 is 2.28 bits per heavy atom. The maximum absolute atomic E-state index is 11.3. The first-order valence-corrected chi connectivity index (χ1v) is 5.76. The SMILES string of the molecule is CC1CCN(c2cc(C(N)=O)ccn2)C1C(=O)O. The first-order chi connectivity index (χ1) is 8.50. The minimum Gasteiger partial charge on any atom is -0.480 e. The highest BCUT2D eigenvalue weighted by atomic mass is 16.4. The summed E-state index contributed by atoms with van der Waals surface area (Å²) in [5.41, 5.74) is 5.54. The Morgan fingerprint density at radius 3 is 2.89 bits per heavy atom. The maximum Gasteiger partial charge on any atom is 0.326 e. The lowest BCUT2D eigenvalue weighted by molar-refractivity contribution is -0.139. The van der Waals surface area contributed by atoms with Crippen LogP contribution in [-0.2, 0) is 4.79 Å². The Bertz CT molecular complexity index is 489. The number of carboxylic acid groups (broad SMARTS) is 1. The van der Waals surface area contributed by atoms with Crippen LogP contribution in [0.1, 0.15) is 23.7 Å². The molecule has 1 amide bonds. The van der Waals surface area contributed by atoms with Crippen molar-refractivity contribution >= 4 is 17.7 Å². The number of pyridine rings is 1. The van der Waals surface area contributed by atoms with Crippen molar-refractivity contribution < 1.29 is 14.7 Å². The van der Waals surface area contributed by atoms with E-state index in [1.165, 1.54) is 18.3 Å². The minimum absolute atomic E-state index is 0.0570. The van der Waals surface area contributed by atoms with Gasteiger partial charge in [0, 0.05) is 18.3 Å². The van der Waals surface area contributed by atoms with E-state index in [1.54, 1.807) is 4.90 Å². The number of primary amides is 1. The first-order valence-electron chi connectivity index (χ1n) is 5.76. The number of nitrogens with two attached hydrogens (primary N) is 1. The summed E-state index contributed by atoms with van der Waals surface area (Å²) in [7, 11) is 0. The van der Waals surface area contributed by atoms with Gasteiger partial charge in [-0.05, 0) is 24.5 Å². The van der Waals surface area contributed by atoms with Gasteiger partial charge >= 0.3 is 5.97 Å². The molecule has 6 heteroatoms. The Morgan fingerprint density at radius 1 is 1.56 bits per heavy atom. The summed E-state index contributed by atoms with van der Waals surface area (Å²) < 4.78 is 0. The fourth-order valence-electron chi connectivity index (χ4n) is 2.31. The summed E-state index contributed by atoms with van der Waals surface area (Å²) >= 11 is 0. The van der Waals surface area contributed by atoms with Crippen LogP contribution < -0.4 is 10.6 Å². The van der Waals surface area contributed by atoms with Crippen LogP contribution in [-0.4, -0.2) is 34.6 Å². The van der Waals surface area contributed by atoms with Gasteiger partial charge in [0.25, 0.3) is 0 Å². The highest BCUT2D eigenvalue weighted by Crippen LogP contribution is 2.28. The monoisotopic (exact) mass is 249 g/mol. The van der Waals surface area contributed by atoms with Crippen LogP contribution in [0.2, 0.25) is 0 Å². The number of amides is 1. The van der Waals surface area contributed by atoms with Gasteiger partial charge < -0.3 is 15.7 Å². The third-order valence-corrected chi connectivity index (χ3v) is 3.28. The number of rotatable bonds is 3. The lowest BCUT2D eigenvalue weighted by Gasteiger charge is -2.24. The third-order valence-electron chi connectivity index (χ3n) is 3.28. The summed E-state index contributed by atoms with van der Waals surface area (Å²) in [5, 5.41) is 9.23. The van der Waals surface area contributed by atoms with Crippen molar-refractivity contribution in [2.75, 3.05) is 11.4 Å². The van der Waals surface area contributed by atoms with Crippen molar-refractivity contribution in [1.82, 2.24) is 4.98 Å². The molecule has 1 aliphatic rings. The average molecular weight is 249 g/mol. The number of aromatic nitrogens is 1. The molecule has 0 saturated carbocycles.